The minimum Gasteiger partial charge on any atom is -0.497 e. The number of hydrogen-bond acceptors (Lipinski definition) is 3. The molecule has 0 bridgehead atoms. The Labute approximate surface area is 201 Å². The van der Waals surface area contributed by atoms with Gasteiger partial charge in [0.05, 0.1) is 13.2 Å². The molecule has 2 aliphatic carbocycles. The average molecular weight is 450 g/mol. The Kier molecular flexibility index (Phi) is 6.94. The smallest absolute Gasteiger partial charge is 0.118 e. The second kappa shape index (κ2) is 9.43. The van der Waals surface area contributed by atoms with Crippen LogP contribution in [0.4, 0.5) is 0 Å². The number of aryl methyl sites for hydroxylation is 1. The van der Waals surface area contributed by atoms with E-state index in [4.69, 9.17) is 4.74 Å². The molecule has 0 aliphatic heterocycles. The zero-order valence-electron chi connectivity index (χ0n) is 21.5. The Hall–Kier alpha value is -1.84. The molecule has 0 spiro atoms. The Morgan fingerprint density at radius 2 is 1.76 bits per heavy atom. The summed E-state index contributed by atoms with van der Waals surface area (Å²) in [6.45, 7) is 10.5. The lowest BCUT2D eigenvalue weighted by molar-refractivity contribution is -0.0258. The van der Waals surface area contributed by atoms with Crippen molar-refractivity contribution in [1.29, 1.82) is 0 Å². The predicted molar refractivity (Wildman–Crippen MR) is 137 cm³/mol. The number of benzene rings is 2. The SMILES string of the molecule is COc1ccc(C(O)CCN(C)C2(C)CCCC3(C)c4ccc(C(C)C)cc4CCC32)cc1. The van der Waals surface area contributed by atoms with Gasteiger partial charge in [0.25, 0.3) is 0 Å². The van der Waals surface area contributed by atoms with Crippen molar-refractivity contribution in [2.75, 3.05) is 20.7 Å². The number of fused-ring (bicyclic) bond motifs is 3. The summed E-state index contributed by atoms with van der Waals surface area (Å²) in [5, 5.41) is 10.8. The van der Waals surface area contributed by atoms with Crippen LogP contribution in [0.1, 0.15) is 94.1 Å². The maximum Gasteiger partial charge on any atom is 0.118 e. The summed E-state index contributed by atoms with van der Waals surface area (Å²) < 4.78 is 5.25. The normalized spacial score (nSPS) is 27.8. The van der Waals surface area contributed by atoms with Gasteiger partial charge in [0, 0.05) is 12.1 Å². The summed E-state index contributed by atoms with van der Waals surface area (Å²) in [7, 11) is 3.95. The minimum absolute atomic E-state index is 0.154. The summed E-state index contributed by atoms with van der Waals surface area (Å²) in [5.74, 6) is 2.05. The number of hydrogen-bond donors (Lipinski definition) is 1. The molecule has 0 amide bonds. The Balaban J connectivity index is 1.50. The number of methoxy groups -OCH3 is 1. The highest BCUT2D eigenvalue weighted by Gasteiger charge is 2.53. The van der Waals surface area contributed by atoms with Crippen molar-refractivity contribution < 1.29 is 9.84 Å². The van der Waals surface area contributed by atoms with E-state index in [2.05, 4.69) is 57.8 Å². The van der Waals surface area contributed by atoms with E-state index in [0.29, 0.717) is 11.8 Å². The largest absolute Gasteiger partial charge is 0.497 e. The molecule has 3 nitrogen and oxygen atoms in total. The summed E-state index contributed by atoms with van der Waals surface area (Å²) in [4.78, 5) is 2.56. The van der Waals surface area contributed by atoms with Crippen molar-refractivity contribution in [3.05, 3.63) is 64.7 Å². The molecular weight excluding hydrogens is 406 g/mol. The topological polar surface area (TPSA) is 32.7 Å². The van der Waals surface area contributed by atoms with E-state index in [1.807, 2.05) is 24.3 Å². The first kappa shape index (κ1) is 24.3. The zero-order chi connectivity index (χ0) is 23.8. The van der Waals surface area contributed by atoms with E-state index >= 15 is 0 Å². The van der Waals surface area contributed by atoms with Gasteiger partial charge in [-0.25, -0.2) is 0 Å². The van der Waals surface area contributed by atoms with E-state index in [1.165, 1.54) is 37.7 Å². The highest BCUT2D eigenvalue weighted by atomic mass is 16.5. The number of aliphatic hydroxyl groups excluding tert-OH is 1. The van der Waals surface area contributed by atoms with Gasteiger partial charge in [-0.3, -0.25) is 0 Å². The van der Waals surface area contributed by atoms with Crippen LogP contribution in [0.2, 0.25) is 0 Å². The number of rotatable bonds is 7. The molecule has 0 saturated heterocycles. The fourth-order valence-electron chi connectivity index (χ4n) is 6.86. The summed E-state index contributed by atoms with van der Waals surface area (Å²) >= 11 is 0. The second-order valence-corrected chi connectivity index (χ2v) is 11.3. The molecule has 2 aromatic carbocycles. The van der Waals surface area contributed by atoms with Crippen molar-refractivity contribution in [3.63, 3.8) is 0 Å². The Morgan fingerprint density at radius 1 is 1.06 bits per heavy atom. The van der Waals surface area contributed by atoms with E-state index in [9.17, 15) is 5.11 Å². The molecule has 1 fully saturated rings. The molecule has 2 aliphatic rings. The van der Waals surface area contributed by atoms with Gasteiger partial charge in [0.2, 0.25) is 0 Å². The molecule has 0 aromatic heterocycles. The van der Waals surface area contributed by atoms with Gasteiger partial charge in [-0.05, 0) is 97.7 Å². The first-order valence-electron chi connectivity index (χ1n) is 12.9. The highest BCUT2D eigenvalue weighted by molar-refractivity contribution is 5.42. The molecule has 4 atom stereocenters. The average Bonchev–Trinajstić information content (AvgIpc) is 2.81. The van der Waals surface area contributed by atoms with Gasteiger partial charge in [-0.2, -0.15) is 0 Å². The van der Waals surface area contributed by atoms with Crippen LogP contribution in [0, 0.1) is 5.92 Å². The van der Waals surface area contributed by atoms with Gasteiger partial charge in [0.1, 0.15) is 5.75 Å². The van der Waals surface area contributed by atoms with Crippen LogP contribution in [-0.4, -0.2) is 36.2 Å². The Bertz CT molecular complexity index is 952. The van der Waals surface area contributed by atoms with Crippen molar-refractivity contribution in [2.24, 2.45) is 5.92 Å². The van der Waals surface area contributed by atoms with Gasteiger partial charge in [0.15, 0.2) is 0 Å². The first-order valence-corrected chi connectivity index (χ1v) is 12.9. The lowest BCUT2D eigenvalue weighted by Gasteiger charge is -2.58. The second-order valence-electron chi connectivity index (χ2n) is 11.3. The van der Waals surface area contributed by atoms with Gasteiger partial charge >= 0.3 is 0 Å². The van der Waals surface area contributed by atoms with Gasteiger partial charge in [-0.15, -0.1) is 0 Å². The van der Waals surface area contributed by atoms with Crippen molar-refractivity contribution in [3.8, 4) is 5.75 Å². The van der Waals surface area contributed by atoms with Crippen molar-refractivity contribution in [2.45, 2.75) is 89.2 Å². The van der Waals surface area contributed by atoms with Gasteiger partial charge < -0.3 is 14.7 Å². The molecule has 3 heteroatoms. The molecule has 180 valence electrons. The molecule has 0 heterocycles. The van der Waals surface area contributed by atoms with Crippen LogP contribution in [0.3, 0.4) is 0 Å². The van der Waals surface area contributed by atoms with Gasteiger partial charge in [-0.1, -0.05) is 57.5 Å². The van der Waals surface area contributed by atoms with E-state index in [-0.39, 0.29) is 11.0 Å². The zero-order valence-corrected chi connectivity index (χ0v) is 21.5. The van der Waals surface area contributed by atoms with E-state index in [0.717, 1.165) is 24.3 Å². The lowest BCUT2D eigenvalue weighted by Crippen LogP contribution is -2.60. The third-order valence-electron chi connectivity index (χ3n) is 9.12. The molecule has 2 aromatic rings. The number of ether oxygens (including phenoxy) is 1. The molecule has 1 saturated carbocycles. The van der Waals surface area contributed by atoms with Crippen molar-refractivity contribution in [1.82, 2.24) is 4.90 Å². The quantitative estimate of drug-likeness (QED) is 0.514. The molecule has 1 N–H and O–H groups in total. The maximum atomic E-state index is 10.8. The van der Waals surface area contributed by atoms with E-state index in [1.54, 1.807) is 18.2 Å². The van der Waals surface area contributed by atoms with E-state index < -0.39 is 6.10 Å². The van der Waals surface area contributed by atoms with Crippen LogP contribution < -0.4 is 4.74 Å². The van der Waals surface area contributed by atoms with Crippen LogP contribution in [0.15, 0.2) is 42.5 Å². The predicted octanol–water partition coefficient (Wildman–Crippen LogP) is 6.64. The highest BCUT2D eigenvalue weighted by Crippen LogP contribution is 2.55. The molecular formula is C30H43NO2. The van der Waals surface area contributed by atoms with Crippen LogP contribution >= 0.6 is 0 Å². The molecule has 4 unspecified atom stereocenters. The first-order chi connectivity index (χ1) is 15.7. The minimum atomic E-state index is -0.446. The number of aliphatic hydroxyl groups is 1. The monoisotopic (exact) mass is 449 g/mol. The lowest BCUT2D eigenvalue weighted by atomic mass is 9.52. The van der Waals surface area contributed by atoms with Crippen LogP contribution in [0.5, 0.6) is 5.75 Å². The van der Waals surface area contributed by atoms with Crippen LogP contribution in [0.25, 0.3) is 0 Å². The van der Waals surface area contributed by atoms with Crippen molar-refractivity contribution >= 4 is 0 Å². The molecule has 33 heavy (non-hydrogen) atoms. The third-order valence-corrected chi connectivity index (χ3v) is 9.12. The molecule has 0 radical (unpaired) electrons. The molecule has 4 rings (SSSR count). The fraction of sp³-hybridized carbons (Fsp3) is 0.600. The maximum absolute atomic E-state index is 10.8. The Morgan fingerprint density at radius 3 is 2.42 bits per heavy atom. The standard InChI is InChI=1S/C30H43NO2/c1-21(2)23-10-14-26-24(20-23)11-15-28-29(26,3)17-7-18-30(28,4)31(5)19-16-27(32)22-8-12-25(33-6)13-9-22/h8-10,12-14,20-21,27-28,32H,7,11,15-19H2,1-6H3. The summed E-state index contributed by atoms with van der Waals surface area (Å²) in [5.41, 5.74) is 6.01. The summed E-state index contributed by atoms with van der Waals surface area (Å²) in [6.07, 6.45) is 6.53. The van der Waals surface area contributed by atoms with Crippen LogP contribution in [-0.2, 0) is 11.8 Å². The number of nitrogens with zero attached hydrogens (tertiary/aromatic N) is 1. The third kappa shape index (κ3) is 4.47. The summed E-state index contributed by atoms with van der Waals surface area (Å²) in [6, 6.07) is 15.1. The fourth-order valence-corrected chi connectivity index (χ4v) is 6.86.